The van der Waals surface area contributed by atoms with Crippen LogP contribution < -0.4 is 15.4 Å². The van der Waals surface area contributed by atoms with Crippen molar-refractivity contribution in [2.75, 3.05) is 12.3 Å². The van der Waals surface area contributed by atoms with E-state index in [2.05, 4.69) is 28.5 Å². The number of carbonyl (C=O) groups excluding carboxylic acids is 2. The Labute approximate surface area is 171 Å². The maximum atomic E-state index is 12.7. The number of allylic oxidation sites excluding steroid dienone is 3. The van der Waals surface area contributed by atoms with Crippen LogP contribution in [-0.2, 0) is 19.6 Å². The SMILES string of the molecule is C=CC(=C)CNC(=O)C[C@H](C)NC(=O)[C@@]1(NS(=[OH+])(=[OH+])CC2=CC=CCC2)C[C@@H]1O. The van der Waals surface area contributed by atoms with Crippen molar-refractivity contribution in [2.45, 2.75) is 50.3 Å². The summed E-state index contributed by atoms with van der Waals surface area (Å²) >= 11 is 0. The Hall–Kier alpha value is -2.23. The summed E-state index contributed by atoms with van der Waals surface area (Å²) in [5, 5.41) is 15.4. The first-order valence-corrected chi connectivity index (χ1v) is 11.2. The zero-order valence-corrected chi connectivity index (χ0v) is 17.5. The summed E-state index contributed by atoms with van der Waals surface area (Å²) in [7, 11) is -3.31. The van der Waals surface area contributed by atoms with Crippen molar-refractivity contribution < 1.29 is 23.1 Å². The molecule has 1 saturated carbocycles. The third-order valence-electron chi connectivity index (χ3n) is 4.83. The van der Waals surface area contributed by atoms with E-state index in [9.17, 15) is 23.1 Å². The molecule has 0 unspecified atom stereocenters. The topological polar surface area (TPSA) is 133 Å². The van der Waals surface area contributed by atoms with Gasteiger partial charge in [-0.15, -0.1) is 4.72 Å². The molecule has 0 aliphatic heterocycles. The summed E-state index contributed by atoms with van der Waals surface area (Å²) in [5.41, 5.74) is 0.0936. The Balaban J connectivity index is 1.91. The fourth-order valence-corrected chi connectivity index (χ4v) is 4.77. The van der Waals surface area contributed by atoms with Crippen molar-refractivity contribution in [3.63, 3.8) is 0 Å². The van der Waals surface area contributed by atoms with Gasteiger partial charge in [-0.05, 0) is 30.9 Å². The summed E-state index contributed by atoms with van der Waals surface area (Å²) in [6.45, 7) is 9.21. The summed E-state index contributed by atoms with van der Waals surface area (Å²) in [6.07, 6.45) is 7.88. The third kappa shape index (κ3) is 6.66. The molecule has 0 aromatic heterocycles. The van der Waals surface area contributed by atoms with Crippen molar-refractivity contribution in [2.24, 2.45) is 0 Å². The average Bonchev–Trinajstić information content (AvgIpc) is 3.29. The maximum absolute atomic E-state index is 12.7. The number of hydrogen-bond donors (Lipinski definition) is 4. The van der Waals surface area contributed by atoms with Gasteiger partial charge in [-0.2, -0.15) is 8.42 Å². The van der Waals surface area contributed by atoms with Gasteiger partial charge in [-0.25, -0.2) is 0 Å². The minimum atomic E-state index is -3.31. The van der Waals surface area contributed by atoms with E-state index in [4.69, 9.17) is 0 Å². The van der Waals surface area contributed by atoms with Crippen LogP contribution in [0.15, 0.2) is 48.6 Å². The predicted octanol–water partition coefficient (Wildman–Crippen LogP) is 0.753. The first-order valence-electron chi connectivity index (χ1n) is 9.53. The number of rotatable bonds is 11. The molecule has 0 spiro atoms. The first kappa shape index (κ1) is 23.1. The zero-order chi connectivity index (χ0) is 21.7. The molecule has 29 heavy (non-hydrogen) atoms. The Morgan fingerprint density at radius 3 is 2.72 bits per heavy atom. The summed E-state index contributed by atoms with van der Waals surface area (Å²) in [5.74, 6) is -0.816. The number of amides is 2. The van der Waals surface area contributed by atoms with Gasteiger partial charge in [0.25, 0.3) is 0 Å². The molecule has 1 fully saturated rings. The average molecular weight is 426 g/mol. The van der Waals surface area contributed by atoms with Crippen molar-refractivity contribution in [3.05, 3.63) is 48.6 Å². The van der Waals surface area contributed by atoms with Crippen LogP contribution >= 0.6 is 0 Å². The van der Waals surface area contributed by atoms with Crippen molar-refractivity contribution in [3.8, 4) is 0 Å². The highest BCUT2D eigenvalue weighted by Crippen LogP contribution is 2.37. The van der Waals surface area contributed by atoms with Gasteiger partial charge >= 0.3 is 10.0 Å². The van der Waals surface area contributed by atoms with Crippen LogP contribution in [0, 0.1) is 0 Å². The van der Waals surface area contributed by atoms with Gasteiger partial charge in [0.1, 0.15) is 5.54 Å². The second-order valence-corrected chi connectivity index (χ2v) is 9.44. The van der Waals surface area contributed by atoms with Gasteiger partial charge in [0.15, 0.2) is 5.75 Å². The van der Waals surface area contributed by atoms with Gasteiger partial charge in [0, 0.05) is 25.4 Å². The summed E-state index contributed by atoms with van der Waals surface area (Å²) in [6, 6.07) is -0.501. The van der Waals surface area contributed by atoms with E-state index >= 15 is 0 Å². The van der Waals surface area contributed by atoms with E-state index in [0.717, 1.165) is 18.4 Å². The normalized spacial score (nSPS) is 24.2. The molecule has 6 N–H and O–H groups in total. The standard InChI is InChI=1S/C20H29N3O5S/c1-4-14(2)12-21-18(25)10-15(3)22-19(26)20(11-17(20)24)23-29(27,28)13-16-8-6-5-7-9-16/h4-6,8,15,17,24H,1-2,7,9-13H2,3H3,(H,21,25)(H,22,26)(H,23,27,28)/p+2/t15-,17-,20+/m0/s1. The van der Waals surface area contributed by atoms with Crippen molar-refractivity contribution in [1.82, 2.24) is 15.4 Å². The van der Waals surface area contributed by atoms with Gasteiger partial charge in [0.2, 0.25) is 11.8 Å². The predicted molar refractivity (Wildman–Crippen MR) is 114 cm³/mol. The van der Waals surface area contributed by atoms with Crippen LogP contribution in [0.25, 0.3) is 0 Å². The summed E-state index contributed by atoms with van der Waals surface area (Å²) in [4.78, 5) is 24.6. The fraction of sp³-hybridized carbons (Fsp3) is 0.500. The minimum absolute atomic E-state index is 0.00421. The van der Waals surface area contributed by atoms with Gasteiger partial charge < -0.3 is 15.7 Å². The molecule has 160 valence electrons. The molecule has 2 aliphatic carbocycles. The molecule has 8 nitrogen and oxygen atoms in total. The molecule has 2 amide bonds. The second-order valence-electron chi connectivity index (χ2n) is 7.61. The number of aliphatic hydroxyl groups excluding tert-OH is 1. The Morgan fingerprint density at radius 1 is 1.48 bits per heavy atom. The molecule has 0 heterocycles. The van der Waals surface area contributed by atoms with E-state index in [-0.39, 0.29) is 31.0 Å². The molecule has 9 heteroatoms. The van der Waals surface area contributed by atoms with Crippen LogP contribution in [0.2, 0.25) is 0 Å². The third-order valence-corrected chi connectivity index (χ3v) is 6.30. The van der Waals surface area contributed by atoms with Crippen LogP contribution in [0.5, 0.6) is 0 Å². The minimum Gasteiger partial charge on any atom is -0.391 e. The molecule has 0 radical (unpaired) electrons. The first-order chi connectivity index (χ1) is 13.6. The molecule has 0 bridgehead atoms. The molecular weight excluding hydrogens is 394 g/mol. The molecule has 0 aromatic rings. The molecule has 0 saturated heterocycles. The molecule has 0 aromatic carbocycles. The Bertz CT molecular complexity index is 846. The monoisotopic (exact) mass is 425 g/mol. The van der Waals surface area contributed by atoms with Crippen LogP contribution in [0.4, 0.5) is 0 Å². The van der Waals surface area contributed by atoms with Crippen molar-refractivity contribution in [1.29, 1.82) is 0 Å². The molecule has 3 atom stereocenters. The maximum Gasteiger partial charge on any atom is 0.480 e. The van der Waals surface area contributed by atoms with Crippen molar-refractivity contribution >= 4 is 21.8 Å². The quantitative estimate of drug-likeness (QED) is 0.287. The van der Waals surface area contributed by atoms with Crippen LogP contribution in [0.3, 0.4) is 0 Å². The lowest BCUT2D eigenvalue weighted by molar-refractivity contribution is -0.125. The van der Waals surface area contributed by atoms with E-state index in [1.807, 2.05) is 18.2 Å². The number of nitrogens with one attached hydrogen (secondary N) is 3. The highest BCUT2D eigenvalue weighted by Gasteiger charge is 2.64. The highest BCUT2D eigenvalue weighted by atomic mass is 32.2. The zero-order valence-electron chi connectivity index (χ0n) is 16.7. The highest BCUT2D eigenvalue weighted by molar-refractivity contribution is 7.89. The smallest absolute Gasteiger partial charge is 0.391 e. The molecule has 2 rings (SSSR count). The lowest BCUT2D eigenvalue weighted by atomic mass is 10.1. The van der Waals surface area contributed by atoms with Crippen LogP contribution in [-0.4, -0.2) is 55.3 Å². The van der Waals surface area contributed by atoms with Crippen LogP contribution in [0.1, 0.15) is 32.6 Å². The number of aliphatic hydroxyl groups is 1. The summed E-state index contributed by atoms with van der Waals surface area (Å²) < 4.78 is 23.4. The van der Waals surface area contributed by atoms with E-state index in [1.165, 1.54) is 0 Å². The second kappa shape index (κ2) is 9.51. The molecule has 2 aliphatic rings. The Kier molecular flexibility index (Phi) is 7.56. The van der Waals surface area contributed by atoms with Gasteiger partial charge in [-0.1, -0.05) is 37.5 Å². The van der Waals surface area contributed by atoms with E-state index < -0.39 is 33.6 Å². The Morgan fingerprint density at radius 2 is 2.17 bits per heavy atom. The lowest BCUT2D eigenvalue weighted by Crippen LogP contribution is -2.54. The largest absolute Gasteiger partial charge is 0.480 e. The van der Waals surface area contributed by atoms with E-state index in [0.29, 0.717) is 5.57 Å². The van der Waals surface area contributed by atoms with E-state index in [1.54, 1.807) is 13.0 Å². The lowest BCUT2D eigenvalue weighted by Gasteiger charge is -2.19. The number of carbonyl (C=O) groups is 2. The molecular formula is C20H31N3O5S+2. The number of hydrogen-bond acceptors (Lipinski definition) is 3. The fourth-order valence-electron chi connectivity index (χ4n) is 3.04. The van der Waals surface area contributed by atoms with Gasteiger partial charge in [-0.3, -0.25) is 9.59 Å². The van der Waals surface area contributed by atoms with Gasteiger partial charge in [0.05, 0.1) is 6.10 Å².